The molecule has 0 bridgehead atoms. The van der Waals surface area contributed by atoms with Crippen molar-refractivity contribution in [2.45, 2.75) is 19.9 Å². The molecule has 8 heteroatoms. The molecule has 2 aromatic heterocycles. The van der Waals surface area contributed by atoms with Crippen LogP contribution in [0, 0.1) is 6.92 Å². The van der Waals surface area contributed by atoms with Crippen molar-refractivity contribution in [3.8, 4) is 22.8 Å². The third kappa shape index (κ3) is 3.42. The van der Waals surface area contributed by atoms with E-state index in [9.17, 15) is 8.78 Å². The van der Waals surface area contributed by atoms with Crippen molar-refractivity contribution < 1.29 is 8.78 Å². The lowest BCUT2D eigenvalue weighted by Gasteiger charge is -2.03. The summed E-state index contributed by atoms with van der Waals surface area (Å²) in [6.45, 7) is 1.42. The van der Waals surface area contributed by atoms with Crippen LogP contribution in [0.5, 0.6) is 0 Å². The number of aryl methyl sites for hydroxylation is 1. The molecule has 0 amide bonds. The number of nitrogens with zero attached hydrogens (tertiary/aromatic N) is 5. The molecular formula is C15H12BrF2N5. The van der Waals surface area contributed by atoms with E-state index >= 15 is 0 Å². The van der Waals surface area contributed by atoms with Crippen molar-refractivity contribution in [1.29, 1.82) is 0 Å². The molecule has 0 unspecified atom stereocenters. The normalized spacial score (nSPS) is 11.2. The third-order valence-electron chi connectivity index (χ3n) is 3.23. The predicted octanol–water partition coefficient (Wildman–Crippen LogP) is 3.74. The van der Waals surface area contributed by atoms with Crippen molar-refractivity contribution in [3.05, 3.63) is 47.0 Å². The zero-order valence-corrected chi connectivity index (χ0v) is 13.7. The van der Waals surface area contributed by atoms with Gasteiger partial charge in [-0.25, -0.2) is 28.4 Å². The topological polar surface area (TPSA) is 56.5 Å². The molecule has 3 aromatic rings. The minimum absolute atomic E-state index is 0.317. The Kier molecular flexibility index (Phi) is 4.42. The van der Waals surface area contributed by atoms with Crippen molar-refractivity contribution in [1.82, 2.24) is 24.7 Å². The number of aromatic nitrogens is 5. The van der Waals surface area contributed by atoms with Crippen LogP contribution in [0.15, 0.2) is 41.4 Å². The molecule has 3 rings (SSSR count). The monoisotopic (exact) mass is 379 g/mol. The van der Waals surface area contributed by atoms with Crippen molar-refractivity contribution >= 4 is 15.9 Å². The molecule has 0 N–H and O–H groups in total. The second-order valence-electron chi connectivity index (χ2n) is 4.92. The molecule has 2 heterocycles. The summed E-state index contributed by atoms with van der Waals surface area (Å²) in [5.41, 5.74) is 2.35. The average Bonchev–Trinajstić information content (AvgIpc) is 2.94. The largest absolute Gasteiger partial charge is 0.258 e. The summed E-state index contributed by atoms with van der Waals surface area (Å²) in [6.07, 6.45) is 1.88. The van der Waals surface area contributed by atoms with Gasteiger partial charge in [0.2, 0.25) is 0 Å². The standard InChI is InChI=1S/C15H12BrF2N5/c1-9-2-3-10(4-12(9)16)14-21-15(11-5-19-8-20-6-11)23(22-14)7-13(17)18/h2-6,8,13H,7H2,1H3. The van der Waals surface area contributed by atoms with Gasteiger partial charge in [-0.1, -0.05) is 28.1 Å². The van der Waals surface area contributed by atoms with Crippen molar-refractivity contribution in [3.63, 3.8) is 0 Å². The third-order valence-corrected chi connectivity index (χ3v) is 4.09. The van der Waals surface area contributed by atoms with Crippen LogP contribution in [0.3, 0.4) is 0 Å². The Hall–Kier alpha value is -2.22. The summed E-state index contributed by atoms with van der Waals surface area (Å²) in [4.78, 5) is 12.2. The highest BCUT2D eigenvalue weighted by Crippen LogP contribution is 2.26. The lowest BCUT2D eigenvalue weighted by molar-refractivity contribution is 0.122. The summed E-state index contributed by atoms with van der Waals surface area (Å²) in [5, 5.41) is 4.22. The van der Waals surface area contributed by atoms with Crippen molar-refractivity contribution in [2.24, 2.45) is 0 Å². The first kappa shape index (κ1) is 15.7. The Balaban J connectivity index is 2.09. The Labute approximate surface area is 139 Å². The molecule has 0 saturated carbocycles. The van der Waals surface area contributed by atoms with Gasteiger partial charge in [0.15, 0.2) is 11.6 Å². The van der Waals surface area contributed by atoms with Gasteiger partial charge < -0.3 is 0 Å². The smallest absolute Gasteiger partial charge is 0.244 e. The molecule has 0 saturated heterocycles. The Morgan fingerprint density at radius 1 is 1.17 bits per heavy atom. The van der Waals surface area contributed by atoms with Crippen LogP contribution in [0.25, 0.3) is 22.8 Å². The van der Waals surface area contributed by atoms with Crippen LogP contribution in [0.2, 0.25) is 0 Å². The Bertz CT molecular complexity index is 820. The highest BCUT2D eigenvalue weighted by molar-refractivity contribution is 9.10. The van der Waals surface area contributed by atoms with Crippen LogP contribution in [0.4, 0.5) is 8.78 Å². The summed E-state index contributed by atoms with van der Waals surface area (Å²) in [5.74, 6) is 0.697. The highest BCUT2D eigenvalue weighted by atomic mass is 79.9. The molecule has 0 spiro atoms. The van der Waals surface area contributed by atoms with E-state index in [0.717, 1.165) is 15.6 Å². The molecule has 0 aliphatic rings. The van der Waals surface area contributed by atoms with E-state index in [4.69, 9.17) is 0 Å². The van der Waals surface area contributed by atoms with Crippen molar-refractivity contribution in [2.75, 3.05) is 0 Å². The molecule has 0 fully saturated rings. The summed E-state index contributed by atoms with van der Waals surface area (Å²) < 4.78 is 27.7. The second-order valence-corrected chi connectivity index (χ2v) is 5.78. The Morgan fingerprint density at radius 3 is 2.57 bits per heavy atom. The molecule has 5 nitrogen and oxygen atoms in total. The van der Waals surface area contributed by atoms with Gasteiger partial charge in [0, 0.05) is 22.4 Å². The number of halogens is 3. The van der Waals surface area contributed by atoms with Gasteiger partial charge in [0.1, 0.15) is 12.9 Å². The fraction of sp³-hybridized carbons (Fsp3) is 0.200. The maximum Gasteiger partial charge on any atom is 0.258 e. The van der Waals surface area contributed by atoms with Gasteiger partial charge >= 0.3 is 0 Å². The van der Waals surface area contributed by atoms with Gasteiger partial charge in [-0.2, -0.15) is 5.10 Å². The van der Waals surface area contributed by atoms with Crippen LogP contribution >= 0.6 is 15.9 Å². The number of rotatable bonds is 4. The number of hydrogen-bond donors (Lipinski definition) is 0. The predicted molar refractivity (Wildman–Crippen MR) is 84.9 cm³/mol. The average molecular weight is 380 g/mol. The van der Waals surface area contributed by atoms with E-state index in [1.807, 2.05) is 25.1 Å². The van der Waals surface area contributed by atoms with E-state index < -0.39 is 13.0 Å². The van der Waals surface area contributed by atoms with Gasteiger partial charge in [0.25, 0.3) is 6.43 Å². The van der Waals surface area contributed by atoms with Crippen LogP contribution in [0.1, 0.15) is 5.56 Å². The highest BCUT2D eigenvalue weighted by Gasteiger charge is 2.17. The maximum atomic E-state index is 12.8. The number of benzene rings is 1. The van der Waals surface area contributed by atoms with Gasteiger partial charge in [0.05, 0.1) is 5.56 Å². The second kappa shape index (κ2) is 6.49. The minimum atomic E-state index is -2.53. The number of alkyl halides is 2. The van der Waals surface area contributed by atoms with E-state index in [1.165, 1.54) is 23.4 Å². The summed E-state index contributed by atoms with van der Waals surface area (Å²) >= 11 is 3.45. The molecule has 118 valence electrons. The van der Waals surface area contributed by atoms with Crippen LogP contribution in [-0.4, -0.2) is 31.2 Å². The zero-order valence-electron chi connectivity index (χ0n) is 12.1. The summed E-state index contributed by atoms with van der Waals surface area (Å²) in [7, 11) is 0. The number of hydrogen-bond acceptors (Lipinski definition) is 4. The summed E-state index contributed by atoms with van der Waals surface area (Å²) in [6, 6.07) is 5.63. The molecule has 0 atom stereocenters. The first-order valence-electron chi connectivity index (χ1n) is 6.79. The quantitative estimate of drug-likeness (QED) is 0.692. The minimum Gasteiger partial charge on any atom is -0.244 e. The fourth-order valence-corrected chi connectivity index (χ4v) is 2.46. The fourth-order valence-electron chi connectivity index (χ4n) is 2.08. The lowest BCUT2D eigenvalue weighted by atomic mass is 10.1. The lowest BCUT2D eigenvalue weighted by Crippen LogP contribution is -2.10. The van der Waals surface area contributed by atoms with Crippen LogP contribution in [-0.2, 0) is 6.54 Å². The molecule has 0 aliphatic heterocycles. The molecule has 23 heavy (non-hydrogen) atoms. The SMILES string of the molecule is Cc1ccc(-c2nc(-c3cncnc3)n(CC(F)F)n2)cc1Br. The zero-order chi connectivity index (χ0) is 16.4. The first-order valence-corrected chi connectivity index (χ1v) is 7.59. The van der Waals surface area contributed by atoms with Gasteiger partial charge in [-0.05, 0) is 18.6 Å². The van der Waals surface area contributed by atoms with Gasteiger partial charge in [-0.15, -0.1) is 0 Å². The van der Waals surface area contributed by atoms with E-state index in [-0.39, 0.29) is 0 Å². The molecule has 0 radical (unpaired) electrons. The molecular weight excluding hydrogens is 368 g/mol. The van der Waals surface area contributed by atoms with E-state index in [2.05, 4.69) is 36.0 Å². The Morgan fingerprint density at radius 2 is 1.91 bits per heavy atom. The van der Waals surface area contributed by atoms with E-state index in [0.29, 0.717) is 17.2 Å². The van der Waals surface area contributed by atoms with Gasteiger partial charge in [-0.3, -0.25) is 0 Å². The molecule has 1 aromatic carbocycles. The van der Waals surface area contributed by atoms with E-state index in [1.54, 1.807) is 0 Å². The van der Waals surface area contributed by atoms with Crippen LogP contribution < -0.4 is 0 Å². The first-order chi connectivity index (χ1) is 11.0. The maximum absolute atomic E-state index is 12.8. The molecule has 0 aliphatic carbocycles.